The molecule has 0 saturated heterocycles. The molecule has 1 aromatic rings. The second-order valence-corrected chi connectivity index (χ2v) is 4.30. The first-order valence-corrected chi connectivity index (χ1v) is 6.36. The van der Waals surface area contributed by atoms with Crippen LogP contribution in [0.25, 0.3) is 0 Å². The van der Waals surface area contributed by atoms with Crippen LogP contribution >= 0.6 is 0 Å². The highest BCUT2D eigenvalue weighted by Crippen LogP contribution is 2.18. The molecule has 9 nitrogen and oxygen atoms in total. The van der Waals surface area contributed by atoms with Crippen LogP contribution in [-0.2, 0) is 23.0 Å². The number of urea groups is 1. The third-order valence-corrected chi connectivity index (χ3v) is 2.81. The number of imide groups is 1. The minimum atomic E-state index is -1.14. The van der Waals surface area contributed by atoms with Gasteiger partial charge in [-0.15, -0.1) is 0 Å². The van der Waals surface area contributed by atoms with Crippen molar-refractivity contribution < 1.29 is 19.1 Å². The minimum absolute atomic E-state index is 0.0754. The van der Waals surface area contributed by atoms with Gasteiger partial charge in [-0.2, -0.15) is 5.10 Å². The van der Waals surface area contributed by atoms with Gasteiger partial charge in [-0.1, -0.05) is 6.92 Å². The zero-order valence-corrected chi connectivity index (χ0v) is 12.4. The van der Waals surface area contributed by atoms with Crippen LogP contribution in [0, 0.1) is 0 Å². The fourth-order valence-corrected chi connectivity index (χ4v) is 1.65. The molecule has 0 saturated carbocycles. The Kier molecular flexibility index (Phi) is 5.28. The van der Waals surface area contributed by atoms with E-state index in [0.29, 0.717) is 12.1 Å². The molecule has 0 fully saturated rings. The van der Waals surface area contributed by atoms with Crippen molar-refractivity contribution >= 4 is 23.6 Å². The second kappa shape index (κ2) is 6.73. The van der Waals surface area contributed by atoms with E-state index in [-0.39, 0.29) is 11.4 Å². The molecule has 0 aromatic carbocycles. The van der Waals surface area contributed by atoms with Crippen molar-refractivity contribution in [2.75, 3.05) is 12.8 Å². The van der Waals surface area contributed by atoms with Crippen LogP contribution in [0.5, 0.6) is 0 Å². The number of ether oxygens (including phenoxy) is 1. The molecule has 0 aliphatic carbocycles. The first kappa shape index (κ1) is 16.5. The first-order valence-electron chi connectivity index (χ1n) is 6.36. The summed E-state index contributed by atoms with van der Waals surface area (Å²) in [6.07, 6.45) is -0.575. The molecule has 3 amide bonds. The van der Waals surface area contributed by atoms with Gasteiger partial charge in [-0.25, -0.2) is 9.59 Å². The Bertz CT molecular complexity index is 566. The van der Waals surface area contributed by atoms with Gasteiger partial charge in [0.2, 0.25) is 0 Å². The summed E-state index contributed by atoms with van der Waals surface area (Å²) in [5.41, 5.74) is 6.70. The van der Waals surface area contributed by atoms with E-state index in [2.05, 4.69) is 10.4 Å². The molecule has 21 heavy (non-hydrogen) atoms. The topological polar surface area (TPSA) is 128 Å². The van der Waals surface area contributed by atoms with Crippen LogP contribution in [0.3, 0.4) is 0 Å². The lowest BCUT2D eigenvalue weighted by molar-refractivity contribution is -0.127. The lowest BCUT2D eigenvalue weighted by Gasteiger charge is -2.13. The van der Waals surface area contributed by atoms with E-state index < -0.39 is 24.0 Å². The molecule has 116 valence electrons. The summed E-state index contributed by atoms with van der Waals surface area (Å²) in [7, 11) is 2.92. The Balaban J connectivity index is 2.79. The maximum absolute atomic E-state index is 12.0. The number of anilines is 1. The molecule has 1 aromatic heterocycles. The molecule has 0 bridgehead atoms. The van der Waals surface area contributed by atoms with Gasteiger partial charge in [0.1, 0.15) is 0 Å². The molecule has 0 radical (unpaired) electrons. The predicted octanol–water partition coefficient (Wildman–Crippen LogP) is -0.434. The van der Waals surface area contributed by atoms with E-state index in [4.69, 9.17) is 10.5 Å². The summed E-state index contributed by atoms with van der Waals surface area (Å²) in [6.45, 7) is 3.21. The maximum atomic E-state index is 12.0. The SMILES string of the molecule is CCc1nn(C)c(C(=O)OC(C)C(=O)NC(=O)NC)c1N. The van der Waals surface area contributed by atoms with Crippen LogP contribution in [-0.4, -0.2) is 40.8 Å². The number of carbonyl (C=O) groups is 3. The van der Waals surface area contributed by atoms with Crippen LogP contribution in [0.2, 0.25) is 0 Å². The number of nitrogens with zero attached hydrogens (tertiary/aromatic N) is 2. The van der Waals surface area contributed by atoms with Gasteiger partial charge < -0.3 is 15.8 Å². The number of nitrogens with two attached hydrogens (primary N) is 1. The van der Waals surface area contributed by atoms with Gasteiger partial charge in [0, 0.05) is 14.1 Å². The van der Waals surface area contributed by atoms with Crippen molar-refractivity contribution in [1.29, 1.82) is 0 Å². The second-order valence-electron chi connectivity index (χ2n) is 4.30. The first-order chi connectivity index (χ1) is 9.81. The average molecular weight is 297 g/mol. The number of carbonyl (C=O) groups excluding carboxylic acids is 3. The van der Waals surface area contributed by atoms with Gasteiger partial charge >= 0.3 is 12.0 Å². The molecule has 9 heteroatoms. The highest BCUT2D eigenvalue weighted by Gasteiger charge is 2.25. The van der Waals surface area contributed by atoms with Gasteiger partial charge in [-0.3, -0.25) is 14.8 Å². The number of nitrogen functional groups attached to an aromatic ring is 1. The van der Waals surface area contributed by atoms with Crippen molar-refractivity contribution in [1.82, 2.24) is 20.4 Å². The fraction of sp³-hybridized carbons (Fsp3) is 0.500. The largest absolute Gasteiger partial charge is 0.448 e. The van der Waals surface area contributed by atoms with Crippen LogP contribution < -0.4 is 16.4 Å². The molecule has 1 unspecified atom stereocenters. The molecule has 0 aliphatic rings. The van der Waals surface area contributed by atoms with Crippen molar-refractivity contribution in [3.63, 3.8) is 0 Å². The van der Waals surface area contributed by atoms with E-state index in [9.17, 15) is 14.4 Å². The molecule has 1 rings (SSSR count). The summed E-state index contributed by atoms with van der Waals surface area (Å²) in [5.74, 6) is -1.51. The number of nitrogens with one attached hydrogen (secondary N) is 2. The summed E-state index contributed by atoms with van der Waals surface area (Å²) in [4.78, 5) is 34.7. The van der Waals surface area contributed by atoms with Crippen molar-refractivity contribution in [3.8, 4) is 0 Å². The Morgan fingerprint density at radius 3 is 2.52 bits per heavy atom. The molecule has 4 N–H and O–H groups in total. The lowest BCUT2D eigenvalue weighted by Crippen LogP contribution is -2.43. The summed E-state index contributed by atoms with van der Waals surface area (Å²) < 4.78 is 6.30. The molecule has 1 atom stereocenters. The van der Waals surface area contributed by atoms with Crippen LogP contribution in [0.1, 0.15) is 30.0 Å². The number of aromatic nitrogens is 2. The Hall–Kier alpha value is -2.58. The van der Waals surface area contributed by atoms with Gasteiger partial charge in [0.25, 0.3) is 5.91 Å². The number of hydrogen-bond acceptors (Lipinski definition) is 6. The summed E-state index contributed by atoms with van der Waals surface area (Å²) in [6, 6.07) is -0.684. The Morgan fingerprint density at radius 1 is 1.43 bits per heavy atom. The maximum Gasteiger partial charge on any atom is 0.359 e. The zero-order chi connectivity index (χ0) is 16.2. The highest BCUT2D eigenvalue weighted by atomic mass is 16.5. The number of esters is 1. The standard InChI is InChI=1S/C12H19N5O4/c1-5-7-8(13)9(17(4)16-7)11(19)21-6(2)10(18)15-12(20)14-3/h6H,5,13H2,1-4H3,(H2,14,15,18,20). The van der Waals surface area contributed by atoms with E-state index in [1.165, 1.54) is 18.7 Å². The third kappa shape index (κ3) is 3.71. The van der Waals surface area contributed by atoms with Crippen molar-refractivity contribution in [3.05, 3.63) is 11.4 Å². The quantitative estimate of drug-likeness (QED) is 0.647. The monoisotopic (exact) mass is 297 g/mol. The number of aryl methyl sites for hydroxylation is 2. The van der Waals surface area contributed by atoms with Gasteiger partial charge in [0.15, 0.2) is 11.8 Å². The molecule has 1 heterocycles. The van der Waals surface area contributed by atoms with E-state index in [1.807, 2.05) is 12.2 Å². The summed E-state index contributed by atoms with van der Waals surface area (Å²) in [5, 5.41) is 8.32. The number of rotatable bonds is 4. The molecular weight excluding hydrogens is 278 g/mol. The van der Waals surface area contributed by atoms with Crippen molar-refractivity contribution in [2.45, 2.75) is 26.4 Å². The van der Waals surface area contributed by atoms with Crippen LogP contribution in [0.4, 0.5) is 10.5 Å². The molecule has 0 spiro atoms. The van der Waals surface area contributed by atoms with E-state index in [1.54, 1.807) is 7.05 Å². The Labute approximate surface area is 121 Å². The predicted molar refractivity (Wildman–Crippen MR) is 74.5 cm³/mol. The lowest BCUT2D eigenvalue weighted by atomic mass is 10.2. The van der Waals surface area contributed by atoms with Gasteiger partial charge in [0.05, 0.1) is 11.4 Å². The summed E-state index contributed by atoms with van der Waals surface area (Å²) >= 11 is 0. The van der Waals surface area contributed by atoms with Crippen molar-refractivity contribution in [2.24, 2.45) is 7.05 Å². The Morgan fingerprint density at radius 2 is 2.05 bits per heavy atom. The number of amides is 3. The number of hydrogen-bond donors (Lipinski definition) is 3. The average Bonchev–Trinajstić information content (AvgIpc) is 2.72. The van der Waals surface area contributed by atoms with Crippen LogP contribution in [0.15, 0.2) is 0 Å². The normalized spacial score (nSPS) is 11.6. The minimum Gasteiger partial charge on any atom is -0.448 e. The highest BCUT2D eigenvalue weighted by molar-refractivity contribution is 5.99. The smallest absolute Gasteiger partial charge is 0.359 e. The zero-order valence-electron chi connectivity index (χ0n) is 12.4. The van der Waals surface area contributed by atoms with E-state index in [0.717, 1.165) is 0 Å². The van der Waals surface area contributed by atoms with E-state index >= 15 is 0 Å². The molecule has 0 aliphatic heterocycles. The van der Waals surface area contributed by atoms with Gasteiger partial charge in [-0.05, 0) is 13.3 Å². The molecular formula is C12H19N5O4. The third-order valence-electron chi connectivity index (χ3n) is 2.81. The fourth-order valence-electron chi connectivity index (χ4n) is 1.65.